The lowest BCUT2D eigenvalue weighted by molar-refractivity contribution is 0.0938. The highest BCUT2D eigenvalue weighted by Gasteiger charge is 2.12. The van der Waals surface area contributed by atoms with Crippen LogP contribution in [0.15, 0.2) is 35.3 Å². The van der Waals surface area contributed by atoms with Gasteiger partial charge in [-0.3, -0.25) is 25.7 Å². The summed E-state index contributed by atoms with van der Waals surface area (Å²) in [5.74, 6) is 1.38. The molecule has 7 heteroatoms. The predicted octanol–water partition coefficient (Wildman–Crippen LogP) is 2.68. The van der Waals surface area contributed by atoms with E-state index < -0.39 is 0 Å². The van der Waals surface area contributed by atoms with Gasteiger partial charge in [0.15, 0.2) is 0 Å². The number of nitrogens with one attached hydrogen (secondary N) is 3. The summed E-state index contributed by atoms with van der Waals surface area (Å²) in [6.07, 6.45) is 4.23. The highest BCUT2D eigenvalue weighted by atomic mass is 16.5. The summed E-state index contributed by atoms with van der Waals surface area (Å²) >= 11 is 0. The van der Waals surface area contributed by atoms with Crippen LogP contribution in [0, 0.1) is 0 Å². The van der Waals surface area contributed by atoms with Gasteiger partial charge in [0, 0.05) is 18.5 Å². The van der Waals surface area contributed by atoms with Gasteiger partial charge >= 0.3 is 0 Å². The first kappa shape index (κ1) is 17.0. The molecule has 0 spiro atoms. The maximum Gasteiger partial charge on any atom is 0.287 e. The normalized spacial score (nSPS) is 14.4. The maximum absolute atomic E-state index is 12.2. The summed E-state index contributed by atoms with van der Waals surface area (Å²) in [5.41, 5.74) is 7.61. The second-order valence-corrected chi connectivity index (χ2v) is 5.84. The molecule has 7 nitrogen and oxygen atoms in total. The molecule has 0 saturated heterocycles. The lowest BCUT2D eigenvalue weighted by Crippen LogP contribution is -2.41. The van der Waals surface area contributed by atoms with E-state index >= 15 is 0 Å². The van der Waals surface area contributed by atoms with Crippen molar-refractivity contribution < 1.29 is 9.53 Å². The molecule has 25 heavy (non-hydrogen) atoms. The fourth-order valence-corrected chi connectivity index (χ4v) is 2.65. The second kappa shape index (κ2) is 8.32. The molecule has 0 saturated carbocycles. The van der Waals surface area contributed by atoms with Crippen molar-refractivity contribution in [2.75, 3.05) is 13.2 Å². The van der Waals surface area contributed by atoms with Crippen molar-refractivity contribution in [2.45, 2.75) is 32.6 Å². The predicted molar refractivity (Wildman–Crippen MR) is 96.6 cm³/mol. The topological polar surface area (TPSA) is 91.4 Å². The van der Waals surface area contributed by atoms with E-state index in [1.165, 1.54) is 6.42 Å². The van der Waals surface area contributed by atoms with Crippen LogP contribution in [0.1, 0.15) is 43.1 Å². The number of benzene rings is 1. The molecule has 0 unspecified atom stereocenters. The number of amidine groups is 1. The van der Waals surface area contributed by atoms with Crippen LogP contribution in [0.25, 0.3) is 11.3 Å². The first-order valence-corrected chi connectivity index (χ1v) is 8.64. The van der Waals surface area contributed by atoms with Crippen molar-refractivity contribution in [3.05, 3.63) is 36.0 Å². The SMILES string of the molecule is CCOc1ccc(-c2cc(C(=O)NNC3=NCCCCC3)[nH]n2)cc1. The van der Waals surface area contributed by atoms with Crippen LogP contribution in [-0.4, -0.2) is 35.1 Å². The number of H-pyrrole nitrogens is 1. The number of hydrogen-bond acceptors (Lipinski definition) is 5. The third kappa shape index (κ3) is 4.59. The highest BCUT2D eigenvalue weighted by molar-refractivity contribution is 5.95. The Labute approximate surface area is 146 Å². The van der Waals surface area contributed by atoms with Crippen LogP contribution in [0.3, 0.4) is 0 Å². The van der Waals surface area contributed by atoms with Crippen molar-refractivity contribution in [1.29, 1.82) is 0 Å². The fourth-order valence-electron chi connectivity index (χ4n) is 2.65. The molecule has 3 rings (SSSR count). The average molecular weight is 341 g/mol. The number of aromatic nitrogens is 2. The Morgan fingerprint density at radius 1 is 1.24 bits per heavy atom. The highest BCUT2D eigenvalue weighted by Crippen LogP contribution is 2.21. The number of carbonyl (C=O) groups excluding carboxylic acids is 1. The van der Waals surface area contributed by atoms with Gasteiger partial charge in [-0.15, -0.1) is 0 Å². The van der Waals surface area contributed by atoms with Gasteiger partial charge in [0.1, 0.15) is 17.3 Å². The Morgan fingerprint density at radius 2 is 2.08 bits per heavy atom. The lowest BCUT2D eigenvalue weighted by atomic mass is 10.1. The quantitative estimate of drug-likeness (QED) is 0.746. The molecule has 1 aliphatic rings. The van der Waals surface area contributed by atoms with E-state index in [-0.39, 0.29) is 5.91 Å². The Bertz CT molecular complexity index is 736. The molecule has 0 atom stereocenters. The van der Waals surface area contributed by atoms with E-state index in [4.69, 9.17) is 4.74 Å². The van der Waals surface area contributed by atoms with Crippen LogP contribution >= 0.6 is 0 Å². The Morgan fingerprint density at radius 3 is 2.88 bits per heavy atom. The van der Waals surface area contributed by atoms with Gasteiger partial charge in [0.2, 0.25) is 0 Å². The van der Waals surface area contributed by atoms with Gasteiger partial charge in [-0.25, -0.2) is 0 Å². The number of nitrogens with zero attached hydrogens (tertiary/aromatic N) is 2. The monoisotopic (exact) mass is 341 g/mol. The molecular formula is C18H23N5O2. The fraction of sp³-hybridized carbons (Fsp3) is 0.389. The molecule has 132 valence electrons. The third-order valence-corrected chi connectivity index (χ3v) is 3.98. The molecule has 0 fully saturated rings. The van der Waals surface area contributed by atoms with Gasteiger partial charge < -0.3 is 4.74 Å². The van der Waals surface area contributed by atoms with Crippen LogP contribution in [-0.2, 0) is 0 Å². The number of rotatable bonds is 4. The van der Waals surface area contributed by atoms with E-state index in [9.17, 15) is 4.79 Å². The number of hydrazine groups is 1. The smallest absolute Gasteiger partial charge is 0.287 e. The molecule has 1 aromatic carbocycles. The second-order valence-electron chi connectivity index (χ2n) is 5.84. The summed E-state index contributed by atoms with van der Waals surface area (Å²) < 4.78 is 5.43. The van der Waals surface area contributed by atoms with Gasteiger partial charge in [0.05, 0.1) is 12.3 Å². The summed E-state index contributed by atoms with van der Waals surface area (Å²) in [5, 5.41) is 6.98. The summed E-state index contributed by atoms with van der Waals surface area (Å²) in [6.45, 7) is 3.38. The molecule has 0 radical (unpaired) electrons. The first-order valence-electron chi connectivity index (χ1n) is 8.64. The van der Waals surface area contributed by atoms with E-state index in [2.05, 4.69) is 26.0 Å². The minimum Gasteiger partial charge on any atom is -0.494 e. The van der Waals surface area contributed by atoms with Crippen LogP contribution in [0.5, 0.6) is 5.75 Å². The number of aliphatic imine (C=N–C) groups is 1. The van der Waals surface area contributed by atoms with Gasteiger partial charge in [0.25, 0.3) is 5.91 Å². The number of ether oxygens (including phenoxy) is 1. The number of carbonyl (C=O) groups is 1. The third-order valence-electron chi connectivity index (χ3n) is 3.98. The van der Waals surface area contributed by atoms with Crippen molar-refractivity contribution >= 4 is 11.7 Å². The van der Waals surface area contributed by atoms with E-state index in [1.807, 2.05) is 31.2 Å². The zero-order chi connectivity index (χ0) is 17.5. The minimum atomic E-state index is -0.267. The average Bonchev–Trinajstić information content (AvgIpc) is 2.98. The van der Waals surface area contributed by atoms with E-state index in [1.54, 1.807) is 6.07 Å². The van der Waals surface area contributed by atoms with Gasteiger partial charge in [-0.1, -0.05) is 6.42 Å². The van der Waals surface area contributed by atoms with Crippen LogP contribution in [0.2, 0.25) is 0 Å². The van der Waals surface area contributed by atoms with Crippen LogP contribution in [0.4, 0.5) is 0 Å². The van der Waals surface area contributed by atoms with Crippen molar-refractivity contribution in [3.8, 4) is 17.0 Å². The Balaban J connectivity index is 1.60. The van der Waals surface area contributed by atoms with Crippen molar-refractivity contribution in [1.82, 2.24) is 21.0 Å². The molecule has 0 aliphatic carbocycles. The van der Waals surface area contributed by atoms with Crippen LogP contribution < -0.4 is 15.6 Å². The molecule has 3 N–H and O–H groups in total. The van der Waals surface area contributed by atoms with E-state index in [0.717, 1.165) is 43.0 Å². The first-order chi connectivity index (χ1) is 12.3. The molecule has 0 bridgehead atoms. The largest absolute Gasteiger partial charge is 0.494 e. The molecule has 2 heterocycles. The number of aromatic amines is 1. The van der Waals surface area contributed by atoms with Gasteiger partial charge in [-0.05, 0) is 50.1 Å². The van der Waals surface area contributed by atoms with Crippen molar-refractivity contribution in [3.63, 3.8) is 0 Å². The molecule has 2 aromatic rings. The standard InChI is InChI=1S/C18H23N5O2/c1-2-25-14-9-7-13(8-10-14)15-12-16(21-20-15)18(24)23-22-17-6-4-3-5-11-19-17/h7-10,12H,2-6,11H2,1H3,(H,19,22)(H,20,21)(H,23,24). The van der Waals surface area contributed by atoms with Gasteiger partial charge in [-0.2, -0.15) is 5.10 Å². The Hall–Kier alpha value is -2.83. The summed E-state index contributed by atoms with van der Waals surface area (Å²) in [6, 6.07) is 9.34. The zero-order valence-corrected chi connectivity index (χ0v) is 14.3. The summed E-state index contributed by atoms with van der Waals surface area (Å²) in [4.78, 5) is 16.7. The lowest BCUT2D eigenvalue weighted by Gasteiger charge is -2.08. The minimum absolute atomic E-state index is 0.267. The molecule has 1 aromatic heterocycles. The maximum atomic E-state index is 12.2. The molecule has 1 aliphatic heterocycles. The number of amides is 1. The number of hydrogen-bond donors (Lipinski definition) is 3. The molecular weight excluding hydrogens is 318 g/mol. The zero-order valence-electron chi connectivity index (χ0n) is 14.3. The van der Waals surface area contributed by atoms with E-state index in [0.29, 0.717) is 18.0 Å². The summed E-state index contributed by atoms with van der Waals surface area (Å²) in [7, 11) is 0. The Kier molecular flexibility index (Phi) is 5.66. The van der Waals surface area contributed by atoms with Crippen molar-refractivity contribution in [2.24, 2.45) is 4.99 Å². The molecule has 1 amide bonds.